The van der Waals surface area contributed by atoms with Gasteiger partial charge in [-0.25, -0.2) is 0 Å². The fraction of sp³-hybridized carbons (Fsp3) is 0.571. The minimum absolute atomic E-state index is 0.0102. The van der Waals surface area contributed by atoms with E-state index in [-0.39, 0.29) is 6.61 Å². The maximum Gasteiger partial charge on any atom is 0.0779 e. The lowest BCUT2D eigenvalue weighted by Gasteiger charge is -2.40. The molecule has 3 rings (SSSR count). The second kappa shape index (κ2) is 5.08. The molecule has 3 nitrogen and oxygen atoms in total. The number of halogens is 1. The molecule has 1 saturated carbocycles. The molecule has 4 heteroatoms. The van der Waals surface area contributed by atoms with Crippen LogP contribution < -0.4 is 4.90 Å². The van der Waals surface area contributed by atoms with E-state index in [1.807, 2.05) is 12.1 Å². The zero-order valence-corrected chi connectivity index (χ0v) is 11.1. The minimum Gasteiger partial charge on any atom is -0.392 e. The molecule has 0 spiro atoms. The fourth-order valence-electron chi connectivity index (χ4n) is 3.20. The number of aliphatic hydroxyl groups is 1. The summed E-state index contributed by atoms with van der Waals surface area (Å²) >= 11 is 6.17. The van der Waals surface area contributed by atoms with Gasteiger partial charge >= 0.3 is 0 Å². The normalized spacial score (nSPS) is 27.3. The zero-order chi connectivity index (χ0) is 12.5. The Bertz CT molecular complexity index is 438. The van der Waals surface area contributed by atoms with Gasteiger partial charge in [0.05, 0.1) is 25.4 Å². The molecule has 2 unspecified atom stereocenters. The maximum absolute atomic E-state index is 9.53. The number of benzene rings is 1. The molecule has 2 aliphatic rings. The third kappa shape index (κ3) is 2.00. The quantitative estimate of drug-likeness (QED) is 0.894. The number of rotatable bonds is 2. The summed E-state index contributed by atoms with van der Waals surface area (Å²) in [6, 6.07) is 6.29. The molecular formula is C14H18ClNO2. The Hall–Kier alpha value is -0.770. The Morgan fingerprint density at radius 3 is 3.11 bits per heavy atom. The lowest BCUT2D eigenvalue weighted by molar-refractivity contribution is 0.0255. The molecular weight excluding hydrogens is 250 g/mol. The molecule has 0 bridgehead atoms. The van der Waals surface area contributed by atoms with E-state index in [9.17, 15) is 5.11 Å². The van der Waals surface area contributed by atoms with Crippen LogP contribution in [-0.2, 0) is 11.3 Å². The Balaban J connectivity index is 1.96. The van der Waals surface area contributed by atoms with Crippen molar-refractivity contribution in [1.82, 2.24) is 0 Å². The summed E-state index contributed by atoms with van der Waals surface area (Å²) in [5, 5.41) is 10.2. The molecule has 18 heavy (non-hydrogen) atoms. The maximum atomic E-state index is 9.53. The lowest BCUT2D eigenvalue weighted by Crippen LogP contribution is -2.49. The first-order chi connectivity index (χ1) is 8.81. The van der Waals surface area contributed by atoms with Gasteiger partial charge in [-0.05, 0) is 31.4 Å². The number of nitrogens with zero attached hydrogens (tertiary/aromatic N) is 1. The minimum atomic E-state index is -0.0102. The average Bonchev–Trinajstić information content (AvgIpc) is 2.86. The van der Waals surface area contributed by atoms with Gasteiger partial charge in [0.15, 0.2) is 0 Å². The number of hydrogen-bond donors (Lipinski definition) is 1. The monoisotopic (exact) mass is 267 g/mol. The number of anilines is 1. The number of ether oxygens (including phenoxy) is 1. The van der Waals surface area contributed by atoms with Crippen molar-refractivity contribution < 1.29 is 9.84 Å². The standard InChI is InChI=1S/C14H18ClNO2/c15-11-3-1-4-12(10(11)9-17)16-7-8-18-14-6-2-5-13(14)16/h1,3-4,13-14,17H,2,5-9H2. The highest BCUT2D eigenvalue weighted by atomic mass is 35.5. The van der Waals surface area contributed by atoms with Gasteiger partial charge in [-0.15, -0.1) is 0 Å². The van der Waals surface area contributed by atoms with Gasteiger partial charge in [0.2, 0.25) is 0 Å². The summed E-state index contributed by atoms with van der Waals surface area (Å²) in [5.41, 5.74) is 1.91. The van der Waals surface area contributed by atoms with Gasteiger partial charge in [-0.3, -0.25) is 0 Å². The van der Waals surface area contributed by atoms with E-state index in [2.05, 4.69) is 11.0 Å². The van der Waals surface area contributed by atoms with Crippen LogP contribution in [0.1, 0.15) is 24.8 Å². The van der Waals surface area contributed by atoms with Crippen molar-refractivity contribution in [2.45, 2.75) is 38.0 Å². The van der Waals surface area contributed by atoms with Crippen LogP contribution in [0.5, 0.6) is 0 Å². The molecule has 0 radical (unpaired) electrons. The smallest absolute Gasteiger partial charge is 0.0779 e. The summed E-state index contributed by atoms with van der Waals surface area (Å²) in [6.45, 7) is 1.64. The molecule has 1 saturated heterocycles. The van der Waals surface area contributed by atoms with Crippen molar-refractivity contribution in [3.8, 4) is 0 Å². The molecule has 0 aromatic heterocycles. The van der Waals surface area contributed by atoms with Gasteiger partial charge in [0.1, 0.15) is 0 Å². The van der Waals surface area contributed by atoms with Gasteiger partial charge in [0.25, 0.3) is 0 Å². The van der Waals surface area contributed by atoms with E-state index in [1.54, 1.807) is 0 Å². The molecule has 1 aliphatic carbocycles. The molecule has 0 amide bonds. The average molecular weight is 268 g/mol. The molecule has 1 aromatic carbocycles. The summed E-state index contributed by atoms with van der Waals surface area (Å²) in [7, 11) is 0. The Morgan fingerprint density at radius 2 is 2.28 bits per heavy atom. The van der Waals surface area contributed by atoms with Crippen LogP contribution >= 0.6 is 11.6 Å². The van der Waals surface area contributed by atoms with Crippen LogP contribution in [0.4, 0.5) is 5.69 Å². The fourth-order valence-corrected chi connectivity index (χ4v) is 3.43. The summed E-state index contributed by atoms with van der Waals surface area (Å²) < 4.78 is 5.82. The van der Waals surface area contributed by atoms with Gasteiger partial charge in [-0.2, -0.15) is 0 Å². The second-order valence-corrected chi connectivity index (χ2v) is 5.40. The van der Waals surface area contributed by atoms with E-state index < -0.39 is 0 Å². The van der Waals surface area contributed by atoms with Crippen LogP contribution in [0.2, 0.25) is 5.02 Å². The topological polar surface area (TPSA) is 32.7 Å². The molecule has 1 aliphatic heterocycles. The number of aliphatic hydroxyl groups excluding tert-OH is 1. The molecule has 1 heterocycles. The largest absolute Gasteiger partial charge is 0.392 e. The first-order valence-corrected chi connectivity index (χ1v) is 6.95. The Morgan fingerprint density at radius 1 is 1.39 bits per heavy atom. The van der Waals surface area contributed by atoms with Gasteiger partial charge in [0, 0.05) is 22.8 Å². The highest BCUT2D eigenvalue weighted by Crippen LogP contribution is 2.36. The lowest BCUT2D eigenvalue weighted by atomic mass is 10.1. The third-order valence-corrected chi connectivity index (χ3v) is 4.40. The van der Waals surface area contributed by atoms with Crippen molar-refractivity contribution in [3.05, 3.63) is 28.8 Å². The van der Waals surface area contributed by atoms with Crippen LogP contribution in [-0.4, -0.2) is 30.4 Å². The third-order valence-electron chi connectivity index (χ3n) is 4.04. The predicted molar refractivity (Wildman–Crippen MR) is 72.1 cm³/mol. The van der Waals surface area contributed by atoms with Crippen molar-refractivity contribution in [3.63, 3.8) is 0 Å². The van der Waals surface area contributed by atoms with Crippen molar-refractivity contribution in [2.75, 3.05) is 18.1 Å². The molecule has 1 N–H and O–H groups in total. The van der Waals surface area contributed by atoms with Gasteiger partial charge in [-0.1, -0.05) is 17.7 Å². The highest BCUT2D eigenvalue weighted by molar-refractivity contribution is 6.31. The summed E-state index contributed by atoms with van der Waals surface area (Å²) in [6.07, 6.45) is 3.89. The van der Waals surface area contributed by atoms with Crippen LogP contribution in [0, 0.1) is 0 Å². The number of hydrogen-bond acceptors (Lipinski definition) is 3. The van der Waals surface area contributed by atoms with Gasteiger partial charge < -0.3 is 14.7 Å². The van der Waals surface area contributed by atoms with Crippen molar-refractivity contribution in [1.29, 1.82) is 0 Å². The van der Waals surface area contributed by atoms with Crippen LogP contribution in [0.25, 0.3) is 0 Å². The van der Waals surface area contributed by atoms with E-state index in [1.165, 1.54) is 12.8 Å². The van der Waals surface area contributed by atoms with Crippen LogP contribution in [0.15, 0.2) is 18.2 Å². The Labute approximate surface area is 112 Å². The molecule has 98 valence electrons. The molecule has 2 atom stereocenters. The Kier molecular flexibility index (Phi) is 3.46. The van der Waals surface area contributed by atoms with E-state index in [0.717, 1.165) is 30.8 Å². The summed E-state index contributed by atoms with van der Waals surface area (Å²) in [4.78, 5) is 2.37. The zero-order valence-electron chi connectivity index (χ0n) is 10.3. The highest BCUT2D eigenvalue weighted by Gasteiger charge is 2.36. The van der Waals surface area contributed by atoms with E-state index >= 15 is 0 Å². The van der Waals surface area contributed by atoms with Crippen molar-refractivity contribution in [2.24, 2.45) is 0 Å². The van der Waals surface area contributed by atoms with E-state index in [0.29, 0.717) is 17.2 Å². The van der Waals surface area contributed by atoms with E-state index in [4.69, 9.17) is 16.3 Å². The predicted octanol–water partition coefficient (Wildman–Crippen LogP) is 2.59. The number of morpholine rings is 1. The first-order valence-electron chi connectivity index (χ1n) is 6.58. The van der Waals surface area contributed by atoms with Crippen molar-refractivity contribution >= 4 is 17.3 Å². The number of fused-ring (bicyclic) bond motifs is 1. The molecule has 2 fully saturated rings. The first kappa shape index (κ1) is 12.3. The van der Waals surface area contributed by atoms with Crippen LogP contribution in [0.3, 0.4) is 0 Å². The molecule has 1 aromatic rings. The second-order valence-electron chi connectivity index (χ2n) is 5.00. The SMILES string of the molecule is OCc1c(Cl)cccc1N1CCOC2CCCC21. The summed E-state index contributed by atoms with van der Waals surface area (Å²) in [5.74, 6) is 0.